The van der Waals surface area contributed by atoms with Crippen molar-refractivity contribution in [3.63, 3.8) is 0 Å². The van der Waals surface area contributed by atoms with Crippen molar-refractivity contribution in [3.8, 4) is 5.75 Å². The first-order valence-electron chi connectivity index (χ1n) is 11.9. The van der Waals surface area contributed by atoms with E-state index >= 15 is 0 Å². The van der Waals surface area contributed by atoms with E-state index in [9.17, 15) is 4.39 Å². The number of nitrogens with one attached hydrogen (secondary N) is 3. The molecule has 1 aliphatic carbocycles. The first-order chi connectivity index (χ1) is 16.1. The van der Waals surface area contributed by atoms with E-state index in [1.165, 1.54) is 26.0 Å². The maximum atomic E-state index is 14.2. The fourth-order valence-corrected chi connectivity index (χ4v) is 4.49. The van der Waals surface area contributed by atoms with Crippen LogP contribution in [0.4, 0.5) is 27.9 Å². The van der Waals surface area contributed by atoms with Crippen molar-refractivity contribution in [2.45, 2.75) is 57.5 Å². The maximum absolute atomic E-state index is 14.2. The number of hydrogen-bond donors (Lipinski definition) is 3. The average Bonchev–Trinajstić information content (AvgIpc) is 3.12. The molecule has 1 aliphatic heterocycles. The predicted octanol–water partition coefficient (Wildman–Crippen LogP) is 4.57. The average molecular weight is 456 g/mol. The van der Waals surface area contributed by atoms with Crippen LogP contribution in [0.5, 0.6) is 5.75 Å². The number of aromatic nitrogens is 3. The number of methoxy groups -OCH3 is 1. The highest BCUT2D eigenvalue weighted by molar-refractivity contribution is 5.57. The molecule has 8 nitrogen and oxygen atoms in total. The number of allylic oxidation sites excluding steroid dienone is 1. The van der Waals surface area contributed by atoms with Crippen LogP contribution in [0.2, 0.25) is 0 Å². The summed E-state index contributed by atoms with van der Waals surface area (Å²) in [6.07, 6.45) is 11.1. The Balaban J connectivity index is 1.52. The number of halogens is 1. The second kappa shape index (κ2) is 11.3. The molecule has 2 aromatic rings. The number of nitrogens with zero attached hydrogens (tertiary/aromatic N) is 4. The summed E-state index contributed by atoms with van der Waals surface area (Å²) < 4.78 is 19.2. The van der Waals surface area contributed by atoms with Crippen LogP contribution in [0.15, 0.2) is 30.4 Å². The molecule has 0 saturated carbocycles. The first kappa shape index (κ1) is 23.2. The molecular formula is C24H34FN7O. The molecule has 0 bridgehead atoms. The molecule has 2 aliphatic rings. The Bertz CT molecular complexity index is 954. The summed E-state index contributed by atoms with van der Waals surface area (Å²) in [7, 11) is 1.44. The molecule has 1 aromatic heterocycles. The van der Waals surface area contributed by atoms with E-state index in [0.717, 1.165) is 45.3 Å². The van der Waals surface area contributed by atoms with Crippen molar-refractivity contribution in [3.05, 3.63) is 36.2 Å². The van der Waals surface area contributed by atoms with E-state index in [2.05, 4.69) is 54.9 Å². The van der Waals surface area contributed by atoms with Crippen LogP contribution in [0, 0.1) is 5.82 Å². The molecule has 0 radical (unpaired) electrons. The van der Waals surface area contributed by atoms with Gasteiger partial charge in [-0.1, -0.05) is 19.1 Å². The van der Waals surface area contributed by atoms with Gasteiger partial charge in [0.2, 0.25) is 17.8 Å². The Morgan fingerprint density at radius 3 is 2.76 bits per heavy atom. The van der Waals surface area contributed by atoms with Gasteiger partial charge in [0.15, 0.2) is 11.6 Å². The zero-order chi connectivity index (χ0) is 23.0. The minimum atomic E-state index is -0.445. The van der Waals surface area contributed by atoms with Gasteiger partial charge in [-0.3, -0.25) is 4.90 Å². The molecular weight excluding hydrogens is 421 g/mol. The summed E-state index contributed by atoms with van der Waals surface area (Å²) in [5, 5.41) is 9.98. The highest BCUT2D eigenvalue weighted by Crippen LogP contribution is 2.24. The molecule has 9 heteroatoms. The van der Waals surface area contributed by atoms with Gasteiger partial charge in [-0.15, -0.1) is 0 Å². The lowest BCUT2D eigenvalue weighted by molar-refractivity contribution is 0.277. The Hall–Kier alpha value is -2.94. The van der Waals surface area contributed by atoms with Crippen molar-refractivity contribution in [1.82, 2.24) is 19.9 Å². The van der Waals surface area contributed by atoms with Crippen molar-refractivity contribution in [2.24, 2.45) is 0 Å². The van der Waals surface area contributed by atoms with Crippen molar-refractivity contribution < 1.29 is 9.13 Å². The SMILES string of the molecule is CCN1CCCC1CNc1nc(Nc2ccc(OC)c(F)c2)nc(NC2CC=CCCC2)n1. The topological polar surface area (TPSA) is 87.2 Å². The third-order valence-corrected chi connectivity index (χ3v) is 6.29. The number of rotatable bonds is 9. The molecule has 1 saturated heterocycles. The van der Waals surface area contributed by atoms with Crippen LogP contribution in [0.25, 0.3) is 0 Å². The molecule has 3 N–H and O–H groups in total. The largest absolute Gasteiger partial charge is 0.494 e. The fourth-order valence-electron chi connectivity index (χ4n) is 4.49. The highest BCUT2D eigenvalue weighted by Gasteiger charge is 2.23. The van der Waals surface area contributed by atoms with Gasteiger partial charge < -0.3 is 20.7 Å². The van der Waals surface area contributed by atoms with Gasteiger partial charge in [-0.2, -0.15) is 15.0 Å². The zero-order valence-corrected chi connectivity index (χ0v) is 19.5. The van der Waals surface area contributed by atoms with E-state index in [0.29, 0.717) is 29.6 Å². The Kier molecular flexibility index (Phi) is 7.93. The van der Waals surface area contributed by atoms with Crippen LogP contribution in [-0.2, 0) is 0 Å². The summed E-state index contributed by atoms with van der Waals surface area (Å²) in [6.45, 7) is 5.15. The van der Waals surface area contributed by atoms with Gasteiger partial charge >= 0.3 is 0 Å². The Morgan fingerprint density at radius 1 is 1.09 bits per heavy atom. The van der Waals surface area contributed by atoms with Gasteiger partial charge in [-0.05, 0) is 63.7 Å². The molecule has 0 amide bonds. The van der Waals surface area contributed by atoms with E-state index in [4.69, 9.17) is 4.74 Å². The second-order valence-electron chi connectivity index (χ2n) is 8.57. The summed E-state index contributed by atoms with van der Waals surface area (Å²) in [6, 6.07) is 5.43. The summed E-state index contributed by atoms with van der Waals surface area (Å²) in [4.78, 5) is 16.2. The van der Waals surface area contributed by atoms with Gasteiger partial charge in [-0.25, -0.2) is 4.39 Å². The van der Waals surface area contributed by atoms with Crippen LogP contribution >= 0.6 is 0 Å². The van der Waals surface area contributed by atoms with Gasteiger partial charge in [0.1, 0.15) is 0 Å². The molecule has 4 rings (SSSR count). The van der Waals surface area contributed by atoms with Gasteiger partial charge in [0.25, 0.3) is 0 Å². The molecule has 2 unspecified atom stereocenters. The molecule has 2 atom stereocenters. The van der Waals surface area contributed by atoms with E-state index in [-0.39, 0.29) is 11.8 Å². The molecule has 0 spiro atoms. The third kappa shape index (κ3) is 6.31. The van der Waals surface area contributed by atoms with E-state index in [1.54, 1.807) is 12.1 Å². The van der Waals surface area contributed by atoms with Crippen LogP contribution < -0.4 is 20.7 Å². The van der Waals surface area contributed by atoms with Crippen LogP contribution in [0.1, 0.15) is 45.4 Å². The number of hydrogen-bond acceptors (Lipinski definition) is 8. The Labute approximate surface area is 195 Å². The maximum Gasteiger partial charge on any atom is 0.233 e. The van der Waals surface area contributed by atoms with Gasteiger partial charge in [0.05, 0.1) is 7.11 Å². The summed E-state index contributed by atoms with van der Waals surface area (Å²) >= 11 is 0. The molecule has 33 heavy (non-hydrogen) atoms. The minimum Gasteiger partial charge on any atom is -0.494 e. The number of anilines is 4. The summed E-state index contributed by atoms with van der Waals surface area (Å²) in [5.41, 5.74) is 0.543. The molecule has 178 valence electrons. The monoisotopic (exact) mass is 455 g/mol. The first-order valence-corrected chi connectivity index (χ1v) is 11.9. The number of benzene rings is 1. The quantitative estimate of drug-likeness (QED) is 0.474. The Morgan fingerprint density at radius 2 is 1.94 bits per heavy atom. The lowest BCUT2D eigenvalue weighted by atomic mass is 10.1. The lowest BCUT2D eigenvalue weighted by Crippen LogP contribution is -2.35. The molecule has 1 fully saturated rings. The van der Waals surface area contributed by atoms with E-state index in [1.807, 2.05) is 0 Å². The second-order valence-corrected chi connectivity index (χ2v) is 8.57. The third-order valence-electron chi connectivity index (χ3n) is 6.29. The molecule has 1 aromatic carbocycles. The summed E-state index contributed by atoms with van der Waals surface area (Å²) in [5.74, 6) is 1.14. The van der Waals surface area contributed by atoms with Crippen molar-refractivity contribution in [2.75, 3.05) is 42.7 Å². The van der Waals surface area contributed by atoms with Crippen LogP contribution in [0.3, 0.4) is 0 Å². The standard InChI is InChI=1S/C24H34FN7O/c1-3-32-14-8-11-19(32)16-26-22-29-23(27-17-9-6-4-5-7-10-17)31-24(30-22)28-18-12-13-21(33-2)20(25)15-18/h4,6,12-13,15,17,19H,3,5,7-11,14,16H2,1-2H3,(H3,26,27,28,29,30,31). The number of likely N-dealkylation sites (N-methyl/N-ethyl adjacent to an activating group) is 1. The lowest BCUT2D eigenvalue weighted by Gasteiger charge is -2.23. The normalized spacial score (nSPS) is 20.9. The fraction of sp³-hybridized carbons (Fsp3) is 0.542. The van der Waals surface area contributed by atoms with Crippen LogP contribution in [-0.4, -0.2) is 58.7 Å². The minimum absolute atomic E-state index is 0.194. The molecule has 2 heterocycles. The number of likely N-dealkylation sites (tertiary alicyclic amines) is 1. The van der Waals surface area contributed by atoms with Crippen molar-refractivity contribution in [1.29, 1.82) is 0 Å². The van der Waals surface area contributed by atoms with Crippen molar-refractivity contribution >= 4 is 23.5 Å². The van der Waals surface area contributed by atoms with E-state index < -0.39 is 5.82 Å². The zero-order valence-electron chi connectivity index (χ0n) is 19.5. The number of ether oxygens (including phenoxy) is 1. The van der Waals surface area contributed by atoms with Gasteiger partial charge in [0, 0.05) is 30.4 Å². The highest BCUT2D eigenvalue weighted by atomic mass is 19.1. The smallest absolute Gasteiger partial charge is 0.233 e. The predicted molar refractivity (Wildman–Crippen MR) is 130 cm³/mol.